The topological polar surface area (TPSA) is 35.5 Å². The molecule has 2 aromatic heterocycles. The molecule has 1 aliphatic heterocycles. The second-order valence-electron chi connectivity index (χ2n) is 6.46. The molecule has 2 aromatic rings. The van der Waals surface area contributed by atoms with Crippen molar-refractivity contribution in [2.45, 2.75) is 25.4 Å². The summed E-state index contributed by atoms with van der Waals surface area (Å²) in [7, 11) is 6.10. The number of rotatable bonds is 5. The van der Waals surface area contributed by atoms with Gasteiger partial charge in [-0.25, -0.2) is 4.98 Å². The molecule has 0 aliphatic carbocycles. The molecule has 0 bridgehead atoms. The van der Waals surface area contributed by atoms with Crippen LogP contribution in [-0.4, -0.2) is 55.1 Å². The first-order valence-electron chi connectivity index (χ1n) is 8.21. The number of aromatic nitrogens is 2. The van der Waals surface area contributed by atoms with E-state index in [2.05, 4.69) is 54.2 Å². The van der Waals surface area contributed by atoms with Gasteiger partial charge in [0, 0.05) is 67.7 Å². The van der Waals surface area contributed by atoms with Gasteiger partial charge >= 0.3 is 0 Å². The van der Waals surface area contributed by atoms with Gasteiger partial charge < -0.3 is 9.80 Å². The van der Waals surface area contributed by atoms with Gasteiger partial charge in [0.2, 0.25) is 5.95 Å². The van der Waals surface area contributed by atoms with Crippen LogP contribution in [0.25, 0.3) is 0 Å². The Morgan fingerprint density at radius 2 is 2.04 bits per heavy atom. The average molecular weight is 410 g/mol. The molecule has 5 nitrogen and oxygen atoms in total. The maximum atomic E-state index is 4.66. The van der Waals surface area contributed by atoms with Gasteiger partial charge in [-0.05, 0) is 40.9 Å². The van der Waals surface area contributed by atoms with Gasteiger partial charge in [-0.3, -0.25) is 4.90 Å². The van der Waals surface area contributed by atoms with Crippen LogP contribution in [0.3, 0.4) is 0 Å². The molecule has 3 heterocycles. The Labute approximate surface area is 156 Å². The number of thiophene rings is 1. The molecule has 0 unspecified atom stereocenters. The Balaban J connectivity index is 1.56. The maximum absolute atomic E-state index is 4.66. The standard InChI is InChI=1S/C17H24BrN5S/c1-21(2)17-19-7-4-16(20-17)22(3)14-5-8-23(9-6-14)11-15-10-13(18)12-24-15/h4,7,10,12,14H,5-6,8-9,11H2,1-3H3. The van der Waals surface area contributed by atoms with E-state index in [4.69, 9.17) is 0 Å². The summed E-state index contributed by atoms with van der Waals surface area (Å²) in [6.07, 6.45) is 4.19. The van der Waals surface area contributed by atoms with Crippen molar-refractivity contribution < 1.29 is 0 Å². The Hall–Kier alpha value is -1.18. The van der Waals surface area contributed by atoms with Crippen molar-refractivity contribution in [2.75, 3.05) is 44.0 Å². The monoisotopic (exact) mass is 409 g/mol. The molecule has 1 saturated heterocycles. The summed E-state index contributed by atoms with van der Waals surface area (Å²) in [6, 6.07) is 4.77. The molecule has 1 fully saturated rings. The predicted octanol–water partition coefficient (Wildman–Crippen LogP) is 3.47. The molecule has 3 rings (SSSR count). The molecule has 0 N–H and O–H groups in total. The van der Waals surface area contributed by atoms with Gasteiger partial charge in [-0.15, -0.1) is 11.3 Å². The van der Waals surface area contributed by atoms with Crippen molar-refractivity contribution in [1.29, 1.82) is 0 Å². The SMILES string of the molecule is CN(C)c1nccc(N(C)C2CCN(Cc3cc(Br)cs3)CC2)n1. The molecule has 0 amide bonds. The lowest BCUT2D eigenvalue weighted by Gasteiger charge is -2.37. The third-order valence-corrected chi connectivity index (χ3v) is 6.18. The Kier molecular flexibility index (Phi) is 5.73. The van der Waals surface area contributed by atoms with Crippen LogP contribution in [0.5, 0.6) is 0 Å². The van der Waals surface area contributed by atoms with E-state index in [9.17, 15) is 0 Å². The smallest absolute Gasteiger partial charge is 0.226 e. The van der Waals surface area contributed by atoms with Crippen LogP contribution in [0, 0.1) is 0 Å². The minimum Gasteiger partial charge on any atom is -0.356 e. The summed E-state index contributed by atoms with van der Waals surface area (Å²) in [5, 5.41) is 2.16. The van der Waals surface area contributed by atoms with E-state index in [1.54, 1.807) is 0 Å². The molecule has 130 valence electrons. The van der Waals surface area contributed by atoms with Crippen molar-refractivity contribution in [2.24, 2.45) is 0 Å². The summed E-state index contributed by atoms with van der Waals surface area (Å²) in [5.41, 5.74) is 0. The molecule has 7 heteroatoms. The number of likely N-dealkylation sites (tertiary alicyclic amines) is 1. The van der Waals surface area contributed by atoms with Crippen molar-refractivity contribution in [3.63, 3.8) is 0 Å². The van der Waals surface area contributed by atoms with Crippen molar-refractivity contribution in [3.8, 4) is 0 Å². The molecule has 0 spiro atoms. The van der Waals surface area contributed by atoms with E-state index in [1.807, 2.05) is 42.6 Å². The highest BCUT2D eigenvalue weighted by atomic mass is 79.9. The molecule has 0 saturated carbocycles. The third-order valence-electron chi connectivity index (χ3n) is 4.50. The summed E-state index contributed by atoms with van der Waals surface area (Å²) >= 11 is 5.37. The largest absolute Gasteiger partial charge is 0.356 e. The van der Waals surface area contributed by atoms with Gasteiger partial charge in [0.05, 0.1) is 0 Å². The summed E-state index contributed by atoms with van der Waals surface area (Å²) in [6.45, 7) is 3.33. The lowest BCUT2D eigenvalue weighted by molar-refractivity contribution is 0.204. The maximum Gasteiger partial charge on any atom is 0.226 e. The van der Waals surface area contributed by atoms with Crippen LogP contribution in [0.1, 0.15) is 17.7 Å². The minimum atomic E-state index is 0.543. The third kappa shape index (κ3) is 4.26. The summed E-state index contributed by atoms with van der Waals surface area (Å²) < 4.78 is 1.19. The fourth-order valence-corrected chi connectivity index (χ4v) is 4.55. The van der Waals surface area contributed by atoms with E-state index < -0.39 is 0 Å². The molecular formula is C17H24BrN5S. The number of nitrogens with zero attached hydrogens (tertiary/aromatic N) is 5. The molecule has 1 aliphatic rings. The van der Waals surface area contributed by atoms with E-state index in [1.165, 1.54) is 22.2 Å². The number of piperidine rings is 1. The quantitative estimate of drug-likeness (QED) is 0.755. The molecular weight excluding hydrogens is 386 g/mol. The van der Waals surface area contributed by atoms with Gasteiger partial charge in [-0.2, -0.15) is 4.98 Å². The van der Waals surface area contributed by atoms with Crippen LogP contribution in [0.4, 0.5) is 11.8 Å². The Morgan fingerprint density at radius 1 is 1.29 bits per heavy atom. The lowest BCUT2D eigenvalue weighted by atomic mass is 10.0. The van der Waals surface area contributed by atoms with Crippen LogP contribution in [0.15, 0.2) is 28.2 Å². The highest BCUT2D eigenvalue weighted by Gasteiger charge is 2.24. The molecule has 0 aromatic carbocycles. The van der Waals surface area contributed by atoms with Gasteiger partial charge in [0.25, 0.3) is 0 Å². The van der Waals surface area contributed by atoms with E-state index >= 15 is 0 Å². The van der Waals surface area contributed by atoms with E-state index in [0.29, 0.717) is 6.04 Å². The number of hydrogen-bond acceptors (Lipinski definition) is 6. The van der Waals surface area contributed by atoms with E-state index in [-0.39, 0.29) is 0 Å². The molecule has 0 atom stereocenters. The average Bonchev–Trinajstić information content (AvgIpc) is 3.00. The first-order valence-corrected chi connectivity index (χ1v) is 9.88. The second kappa shape index (κ2) is 7.80. The first-order chi connectivity index (χ1) is 11.5. The van der Waals surface area contributed by atoms with Crippen LogP contribution in [-0.2, 0) is 6.54 Å². The lowest BCUT2D eigenvalue weighted by Crippen LogP contribution is -2.43. The Morgan fingerprint density at radius 3 is 2.67 bits per heavy atom. The normalized spacial score (nSPS) is 16.3. The zero-order chi connectivity index (χ0) is 17.1. The fourth-order valence-electron chi connectivity index (χ4n) is 3.06. The van der Waals surface area contributed by atoms with Crippen molar-refractivity contribution >= 4 is 39.0 Å². The van der Waals surface area contributed by atoms with Gasteiger partial charge in [-0.1, -0.05) is 0 Å². The first kappa shape index (κ1) is 17.6. The van der Waals surface area contributed by atoms with Crippen LogP contribution in [0.2, 0.25) is 0 Å². The fraction of sp³-hybridized carbons (Fsp3) is 0.529. The zero-order valence-corrected chi connectivity index (χ0v) is 16.8. The molecule has 24 heavy (non-hydrogen) atoms. The van der Waals surface area contributed by atoms with Crippen molar-refractivity contribution in [3.05, 3.63) is 33.1 Å². The number of anilines is 2. The second-order valence-corrected chi connectivity index (χ2v) is 8.37. The minimum absolute atomic E-state index is 0.543. The van der Waals surface area contributed by atoms with Crippen molar-refractivity contribution in [1.82, 2.24) is 14.9 Å². The van der Waals surface area contributed by atoms with Crippen LogP contribution < -0.4 is 9.80 Å². The Bertz CT molecular complexity index is 667. The van der Waals surface area contributed by atoms with E-state index in [0.717, 1.165) is 31.4 Å². The van der Waals surface area contributed by atoms with Crippen LogP contribution >= 0.6 is 27.3 Å². The summed E-state index contributed by atoms with van der Waals surface area (Å²) in [4.78, 5) is 17.2. The highest BCUT2D eigenvalue weighted by molar-refractivity contribution is 9.10. The highest BCUT2D eigenvalue weighted by Crippen LogP contribution is 2.25. The number of hydrogen-bond donors (Lipinski definition) is 0. The van der Waals surface area contributed by atoms with Gasteiger partial charge in [0.1, 0.15) is 5.82 Å². The van der Waals surface area contributed by atoms with Gasteiger partial charge in [0.15, 0.2) is 0 Å². The number of halogens is 1. The predicted molar refractivity (Wildman–Crippen MR) is 105 cm³/mol. The molecule has 0 radical (unpaired) electrons. The summed E-state index contributed by atoms with van der Waals surface area (Å²) in [5.74, 6) is 1.77. The zero-order valence-electron chi connectivity index (χ0n) is 14.4.